The third-order valence-electron chi connectivity index (χ3n) is 8.79. The molecule has 5 aromatic carbocycles. The molecule has 0 aliphatic carbocycles. The molecule has 0 radical (unpaired) electrons. The Bertz CT molecular complexity index is 2000. The summed E-state index contributed by atoms with van der Waals surface area (Å²) in [5.74, 6) is 0. The zero-order chi connectivity index (χ0) is 30.5. The van der Waals surface area contributed by atoms with E-state index >= 15 is 0 Å². The van der Waals surface area contributed by atoms with E-state index in [9.17, 15) is 0 Å². The van der Waals surface area contributed by atoms with E-state index in [-0.39, 0.29) is 0 Å². The maximum absolute atomic E-state index is 5.40. The SMILES string of the molecule is Cc1cc(C)c(-c2cc(-c3ccccc3)nc3c2ccc2c(-c4c(C)cc(C)cc4C)cc(-c4ccccc4)nc23)c(C)c1. The Morgan fingerprint density at radius 3 is 1.07 bits per heavy atom. The lowest BCUT2D eigenvalue weighted by molar-refractivity contribution is 1.31. The minimum absolute atomic E-state index is 0.930. The van der Waals surface area contributed by atoms with Crippen molar-refractivity contribution in [2.75, 3.05) is 0 Å². The van der Waals surface area contributed by atoms with Gasteiger partial charge in [-0.05, 0) is 98.2 Å². The van der Waals surface area contributed by atoms with Crippen molar-refractivity contribution in [2.45, 2.75) is 41.5 Å². The van der Waals surface area contributed by atoms with Gasteiger partial charge in [0.25, 0.3) is 0 Å². The maximum Gasteiger partial charge on any atom is 0.0978 e. The predicted molar refractivity (Wildman–Crippen MR) is 187 cm³/mol. The molecular weight excluding hydrogens is 532 g/mol. The lowest BCUT2D eigenvalue weighted by atomic mass is 9.88. The molecule has 0 aliphatic heterocycles. The molecule has 2 heteroatoms. The van der Waals surface area contributed by atoms with Gasteiger partial charge < -0.3 is 0 Å². The highest BCUT2D eigenvalue weighted by Crippen LogP contribution is 2.42. The monoisotopic (exact) mass is 568 g/mol. The Labute approximate surface area is 260 Å². The highest BCUT2D eigenvalue weighted by molar-refractivity contribution is 6.14. The summed E-state index contributed by atoms with van der Waals surface area (Å²) in [6.07, 6.45) is 0. The second-order valence-corrected chi connectivity index (χ2v) is 12.2. The van der Waals surface area contributed by atoms with Crippen molar-refractivity contribution in [2.24, 2.45) is 0 Å². The molecule has 0 saturated carbocycles. The number of aromatic nitrogens is 2. The van der Waals surface area contributed by atoms with Crippen LogP contribution in [0.2, 0.25) is 0 Å². The van der Waals surface area contributed by atoms with E-state index < -0.39 is 0 Å². The van der Waals surface area contributed by atoms with Crippen LogP contribution in [0, 0.1) is 41.5 Å². The first kappa shape index (κ1) is 27.7. The first-order chi connectivity index (χ1) is 21.3. The third-order valence-corrected chi connectivity index (χ3v) is 8.79. The Hall–Kier alpha value is -5.08. The van der Waals surface area contributed by atoms with Crippen LogP contribution in [0.25, 0.3) is 66.6 Å². The van der Waals surface area contributed by atoms with Gasteiger partial charge in [-0.25, -0.2) is 9.97 Å². The highest BCUT2D eigenvalue weighted by atomic mass is 14.8. The zero-order valence-corrected chi connectivity index (χ0v) is 26.3. The fourth-order valence-corrected chi connectivity index (χ4v) is 7.11. The number of hydrogen-bond acceptors (Lipinski definition) is 2. The molecular formula is C42H36N2. The van der Waals surface area contributed by atoms with Gasteiger partial charge in [-0.15, -0.1) is 0 Å². The molecule has 2 nitrogen and oxygen atoms in total. The second kappa shape index (κ2) is 10.9. The lowest BCUT2D eigenvalue weighted by Gasteiger charge is -2.19. The zero-order valence-electron chi connectivity index (χ0n) is 26.3. The van der Waals surface area contributed by atoms with Crippen molar-refractivity contribution in [3.63, 3.8) is 0 Å². The molecule has 214 valence electrons. The molecule has 2 heterocycles. The van der Waals surface area contributed by atoms with Crippen molar-refractivity contribution in [1.82, 2.24) is 9.97 Å². The molecule has 7 aromatic rings. The number of rotatable bonds is 4. The van der Waals surface area contributed by atoms with Crippen molar-refractivity contribution in [3.05, 3.63) is 143 Å². The fraction of sp³-hybridized carbons (Fsp3) is 0.143. The average molecular weight is 569 g/mol. The van der Waals surface area contributed by atoms with Gasteiger partial charge in [-0.2, -0.15) is 0 Å². The van der Waals surface area contributed by atoms with E-state index in [1.54, 1.807) is 0 Å². The highest BCUT2D eigenvalue weighted by Gasteiger charge is 2.20. The van der Waals surface area contributed by atoms with Gasteiger partial charge in [0, 0.05) is 21.9 Å². The van der Waals surface area contributed by atoms with Gasteiger partial charge in [-0.1, -0.05) is 108 Å². The Morgan fingerprint density at radius 2 is 0.727 bits per heavy atom. The van der Waals surface area contributed by atoms with Crippen LogP contribution in [-0.4, -0.2) is 9.97 Å². The van der Waals surface area contributed by atoms with Crippen molar-refractivity contribution < 1.29 is 0 Å². The molecule has 0 spiro atoms. The average Bonchev–Trinajstić information content (AvgIpc) is 3.00. The molecule has 0 N–H and O–H groups in total. The van der Waals surface area contributed by atoms with Crippen LogP contribution in [0.15, 0.2) is 109 Å². The van der Waals surface area contributed by atoms with Gasteiger partial charge in [0.1, 0.15) is 0 Å². The molecule has 0 atom stereocenters. The summed E-state index contributed by atoms with van der Waals surface area (Å²) in [5, 5.41) is 2.24. The van der Waals surface area contributed by atoms with Gasteiger partial charge in [0.15, 0.2) is 0 Å². The van der Waals surface area contributed by atoms with Crippen LogP contribution in [0.1, 0.15) is 33.4 Å². The van der Waals surface area contributed by atoms with E-state index in [0.717, 1.165) is 44.3 Å². The number of nitrogens with zero attached hydrogens (tertiary/aromatic N) is 2. The molecule has 0 saturated heterocycles. The molecule has 0 amide bonds. The molecule has 2 aromatic heterocycles. The van der Waals surface area contributed by atoms with Crippen LogP contribution in [0.4, 0.5) is 0 Å². The van der Waals surface area contributed by atoms with Gasteiger partial charge in [0.2, 0.25) is 0 Å². The Kier molecular flexibility index (Phi) is 6.86. The smallest absolute Gasteiger partial charge is 0.0978 e. The van der Waals surface area contributed by atoms with Crippen molar-refractivity contribution in [3.8, 4) is 44.8 Å². The van der Waals surface area contributed by atoms with Crippen LogP contribution in [0.5, 0.6) is 0 Å². The first-order valence-electron chi connectivity index (χ1n) is 15.3. The van der Waals surface area contributed by atoms with Crippen LogP contribution in [0.3, 0.4) is 0 Å². The lowest BCUT2D eigenvalue weighted by Crippen LogP contribution is -1.98. The number of aryl methyl sites for hydroxylation is 6. The van der Waals surface area contributed by atoms with Crippen molar-refractivity contribution >= 4 is 21.8 Å². The predicted octanol–water partition coefficient (Wildman–Crippen LogP) is 11.3. The number of hydrogen-bond donors (Lipinski definition) is 0. The summed E-state index contributed by atoms with van der Waals surface area (Å²) < 4.78 is 0. The number of fused-ring (bicyclic) bond motifs is 3. The summed E-state index contributed by atoms with van der Waals surface area (Å²) in [5.41, 5.74) is 18.5. The summed E-state index contributed by atoms with van der Waals surface area (Å²) in [6, 6.07) is 39.2. The largest absolute Gasteiger partial charge is 0.245 e. The molecule has 0 bridgehead atoms. The van der Waals surface area contributed by atoms with Crippen LogP contribution >= 0.6 is 0 Å². The first-order valence-corrected chi connectivity index (χ1v) is 15.3. The third kappa shape index (κ3) is 4.77. The Morgan fingerprint density at radius 1 is 0.386 bits per heavy atom. The number of benzene rings is 5. The molecule has 44 heavy (non-hydrogen) atoms. The summed E-state index contributed by atoms with van der Waals surface area (Å²) >= 11 is 0. The second-order valence-electron chi connectivity index (χ2n) is 12.2. The molecule has 0 fully saturated rings. The van der Waals surface area contributed by atoms with Crippen molar-refractivity contribution in [1.29, 1.82) is 0 Å². The van der Waals surface area contributed by atoms with Crippen LogP contribution in [-0.2, 0) is 0 Å². The Balaban J connectivity index is 1.66. The van der Waals surface area contributed by atoms with Gasteiger partial charge in [-0.3, -0.25) is 0 Å². The normalized spacial score (nSPS) is 11.4. The van der Waals surface area contributed by atoms with E-state index in [1.165, 1.54) is 55.6 Å². The topological polar surface area (TPSA) is 25.8 Å². The molecule has 0 unspecified atom stereocenters. The van der Waals surface area contributed by atoms with Crippen LogP contribution < -0.4 is 0 Å². The fourth-order valence-electron chi connectivity index (χ4n) is 7.11. The number of pyridine rings is 2. The quantitative estimate of drug-likeness (QED) is 0.197. The summed E-state index contributed by atoms with van der Waals surface area (Å²) in [7, 11) is 0. The maximum atomic E-state index is 5.40. The molecule has 0 aliphatic rings. The van der Waals surface area contributed by atoms with Gasteiger partial charge >= 0.3 is 0 Å². The van der Waals surface area contributed by atoms with E-state index in [4.69, 9.17) is 9.97 Å². The van der Waals surface area contributed by atoms with Gasteiger partial charge in [0.05, 0.1) is 22.4 Å². The van der Waals surface area contributed by atoms with E-state index in [1.807, 2.05) is 0 Å². The minimum Gasteiger partial charge on any atom is -0.245 e. The summed E-state index contributed by atoms with van der Waals surface area (Å²) in [6.45, 7) is 13.2. The summed E-state index contributed by atoms with van der Waals surface area (Å²) in [4.78, 5) is 10.8. The van der Waals surface area contributed by atoms with E-state index in [0.29, 0.717) is 0 Å². The van der Waals surface area contributed by atoms with E-state index in [2.05, 4.69) is 151 Å². The minimum atomic E-state index is 0.930. The molecule has 7 rings (SSSR count). The standard InChI is InChI=1S/C42H36N2/c1-25-19-27(3)39(28(4)20-25)35-23-37(31-13-9-7-10-14-31)43-41-33(35)17-18-34-36(40-29(5)21-26(2)22-30(40)6)24-38(44-42(34)41)32-15-11-8-12-16-32/h7-24H,1-6H3.